The maximum absolute atomic E-state index is 14.4. The number of esters is 2. The monoisotopic (exact) mass is 366 g/mol. The number of carbonyl (C=O) groups is 2. The second kappa shape index (κ2) is 9.19. The molecule has 1 fully saturated rings. The van der Waals surface area contributed by atoms with Crippen LogP contribution >= 0.6 is 0 Å². The van der Waals surface area contributed by atoms with Gasteiger partial charge in [-0.3, -0.25) is 0 Å². The molecule has 1 aliphatic carbocycles. The minimum atomic E-state index is -0.786. The molecule has 0 unspecified atom stereocenters. The van der Waals surface area contributed by atoms with Crippen LogP contribution in [0.3, 0.4) is 0 Å². The van der Waals surface area contributed by atoms with Gasteiger partial charge in [0, 0.05) is 6.04 Å². The van der Waals surface area contributed by atoms with Crippen LogP contribution in [0.15, 0.2) is 30.0 Å². The molecule has 26 heavy (non-hydrogen) atoms. The number of nitrogens with one attached hydrogen (secondary N) is 2. The summed E-state index contributed by atoms with van der Waals surface area (Å²) in [7, 11) is 2.35. The van der Waals surface area contributed by atoms with Crippen molar-refractivity contribution < 1.29 is 28.6 Å². The molecule has 0 spiro atoms. The second-order valence-electron chi connectivity index (χ2n) is 6.01. The molecule has 0 saturated heterocycles. The fraction of sp³-hybridized carbons (Fsp3) is 0.444. The highest BCUT2D eigenvalue weighted by Crippen LogP contribution is 2.30. The van der Waals surface area contributed by atoms with Crippen LogP contribution in [0.4, 0.5) is 15.8 Å². The molecule has 0 heterocycles. The van der Waals surface area contributed by atoms with E-state index < -0.39 is 17.8 Å². The molecule has 0 aliphatic heterocycles. The minimum Gasteiger partial charge on any atom is -0.466 e. The lowest BCUT2D eigenvalue weighted by Gasteiger charge is -2.28. The number of aliphatic hydroxyl groups is 1. The van der Waals surface area contributed by atoms with E-state index in [0.29, 0.717) is 25.7 Å². The molecule has 0 bridgehead atoms. The third-order valence-corrected chi connectivity index (χ3v) is 4.20. The predicted octanol–water partition coefficient (Wildman–Crippen LogP) is 2.18. The molecule has 0 aromatic heterocycles. The van der Waals surface area contributed by atoms with Gasteiger partial charge in [0.05, 0.1) is 37.8 Å². The van der Waals surface area contributed by atoms with Crippen molar-refractivity contribution >= 4 is 23.3 Å². The first-order chi connectivity index (χ1) is 12.4. The minimum absolute atomic E-state index is 0.00186. The Bertz CT molecular complexity index is 684. The third kappa shape index (κ3) is 5.19. The Labute approximate surface area is 151 Å². The zero-order valence-corrected chi connectivity index (χ0v) is 14.8. The number of para-hydroxylation sites is 1. The number of rotatable bonds is 6. The van der Waals surface area contributed by atoms with Gasteiger partial charge in [0.2, 0.25) is 0 Å². The molecule has 7 nitrogen and oxygen atoms in total. The van der Waals surface area contributed by atoms with Gasteiger partial charge in [-0.15, -0.1) is 0 Å². The Morgan fingerprint density at radius 2 is 1.88 bits per heavy atom. The SMILES string of the molecule is COC(=O)/C=C(/Nc1cccc(F)c1NC1CCC(O)CC1)C(=O)OC. The number of methoxy groups -OCH3 is 2. The van der Waals surface area contributed by atoms with Crippen LogP contribution in [0, 0.1) is 5.82 Å². The van der Waals surface area contributed by atoms with Crippen molar-refractivity contribution in [1.82, 2.24) is 0 Å². The van der Waals surface area contributed by atoms with Gasteiger partial charge in [0.15, 0.2) is 0 Å². The zero-order valence-electron chi connectivity index (χ0n) is 14.8. The average molecular weight is 366 g/mol. The summed E-state index contributed by atoms with van der Waals surface area (Å²) in [6.45, 7) is 0. The van der Waals surface area contributed by atoms with Crippen molar-refractivity contribution in [1.29, 1.82) is 0 Å². The Balaban J connectivity index is 2.25. The summed E-state index contributed by atoms with van der Waals surface area (Å²) in [5.41, 5.74) is 0.303. The summed E-state index contributed by atoms with van der Waals surface area (Å²) in [6, 6.07) is 4.37. The summed E-state index contributed by atoms with van der Waals surface area (Å²) >= 11 is 0. The summed E-state index contributed by atoms with van der Waals surface area (Å²) in [5, 5.41) is 15.5. The molecule has 0 amide bonds. The highest BCUT2D eigenvalue weighted by Gasteiger charge is 2.22. The van der Waals surface area contributed by atoms with Crippen LogP contribution in [0.1, 0.15) is 25.7 Å². The van der Waals surface area contributed by atoms with Gasteiger partial charge in [-0.1, -0.05) is 6.07 Å². The Morgan fingerprint density at radius 3 is 2.50 bits per heavy atom. The van der Waals surface area contributed by atoms with Gasteiger partial charge in [-0.2, -0.15) is 0 Å². The van der Waals surface area contributed by atoms with E-state index in [4.69, 9.17) is 0 Å². The quantitative estimate of drug-likeness (QED) is 0.524. The van der Waals surface area contributed by atoms with Gasteiger partial charge < -0.3 is 25.2 Å². The van der Waals surface area contributed by atoms with Crippen LogP contribution in [0.5, 0.6) is 0 Å². The number of hydrogen-bond acceptors (Lipinski definition) is 7. The van der Waals surface area contributed by atoms with Crippen molar-refractivity contribution in [3.05, 3.63) is 35.8 Å². The molecule has 142 valence electrons. The van der Waals surface area contributed by atoms with E-state index >= 15 is 0 Å². The Hall–Kier alpha value is -2.61. The molecule has 0 atom stereocenters. The molecule has 3 N–H and O–H groups in total. The lowest BCUT2D eigenvalue weighted by Crippen LogP contribution is -2.29. The first kappa shape index (κ1) is 19.7. The zero-order chi connectivity index (χ0) is 19.1. The van der Waals surface area contributed by atoms with Gasteiger partial charge in [0.25, 0.3) is 0 Å². The van der Waals surface area contributed by atoms with Crippen LogP contribution in [0.25, 0.3) is 0 Å². The lowest BCUT2D eigenvalue weighted by molar-refractivity contribution is -0.138. The van der Waals surface area contributed by atoms with Crippen LogP contribution in [-0.4, -0.2) is 43.4 Å². The second-order valence-corrected chi connectivity index (χ2v) is 6.01. The van der Waals surface area contributed by atoms with E-state index in [1.165, 1.54) is 26.4 Å². The molecular formula is C18H23FN2O5. The first-order valence-electron chi connectivity index (χ1n) is 8.32. The van der Waals surface area contributed by atoms with E-state index in [9.17, 15) is 19.1 Å². The lowest BCUT2D eigenvalue weighted by atomic mass is 9.93. The maximum Gasteiger partial charge on any atom is 0.354 e. The summed E-state index contributed by atoms with van der Waals surface area (Å²) < 4.78 is 23.5. The van der Waals surface area contributed by atoms with E-state index in [2.05, 4.69) is 20.1 Å². The van der Waals surface area contributed by atoms with Gasteiger partial charge in [-0.05, 0) is 37.8 Å². The summed E-state index contributed by atoms with van der Waals surface area (Å²) in [6.07, 6.45) is 3.32. The fourth-order valence-electron chi connectivity index (χ4n) is 2.78. The highest BCUT2D eigenvalue weighted by atomic mass is 19.1. The molecular weight excluding hydrogens is 343 g/mol. The highest BCUT2D eigenvalue weighted by molar-refractivity contribution is 5.99. The van der Waals surface area contributed by atoms with Crippen LogP contribution < -0.4 is 10.6 Å². The average Bonchev–Trinajstić information content (AvgIpc) is 2.64. The molecule has 2 rings (SSSR count). The molecule has 1 aromatic carbocycles. The summed E-state index contributed by atoms with van der Waals surface area (Å²) in [4.78, 5) is 23.4. The number of carbonyl (C=O) groups excluding carboxylic acids is 2. The Morgan fingerprint density at radius 1 is 1.19 bits per heavy atom. The molecule has 0 radical (unpaired) electrons. The Kier molecular flexibility index (Phi) is 6.97. The van der Waals surface area contributed by atoms with E-state index in [1.54, 1.807) is 6.07 Å². The number of halogens is 1. The molecule has 1 aliphatic rings. The number of hydrogen-bond donors (Lipinski definition) is 3. The molecule has 8 heteroatoms. The number of aliphatic hydroxyl groups excluding tert-OH is 1. The van der Waals surface area contributed by atoms with Crippen LogP contribution in [-0.2, 0) is 19.1 Å². The van der Waals surface area contributed by atoms with E-state index in [-0.39, 0.29) is 29.2 Å². The number of benzene rings is 1. The van der Waals surface area contributed by atoms with Crippen molar-refractivity contribution in [3.63, 3.8) is 0 Å². The van der Waals surface area contributed by atoms with Gasteiger partial charge in [0.1, 0.15) is 11.5 Å². The number of ether oxygens (including phenoxy) is 2. The van der Waals surface area contributed by atoms with Crippen molar-refractivity contribution in [2.45, 2.75) is 37.8 Å². The smallest absolute Gasteiger partial charge is 0.354 e. The van der Waals surface area contributed by atoms with E-state index in [1.807, 2.05) is 0 Å². The van der Waals surface area contributed by atoms with E-state index in [0.717, 1.165) is 6.08 Å². The standard InChI is InChI=1S/C18H23FN2O5/c1-25-16(23)10-15(18(24)26-2)21-14-5-3-4-13(19)17(14)20-11-6-8-12(22)9-7-11/h3-5,10-12,20-22H,6-9H2,1-2H3/b15-10+. The topological polar surface area (TPSA) is 96.9 Å². The summed E-state index contributed by atoms with van der Waals surface area (Å²) in [5.74, 6) is -2.03. The fourth-order valence-corrected chi connectivity index (χ4v) is 2.78. The maximum atomic E-state index is 14.4. The first-order valence-corrected chi connectivity index (χ1v) is 8.32. The molecule has 1 aromatic rings. The van der Waals surface area contributed by atoms with Crippen molar-refractivity contribution in [2.24, 2.45) is 0 Å². The number of anilines is 2. The van der Waals surface area contributed by atoms with Crippen molar-refractivity contribution in [2.75, 3.05) is 24.9 Å². The largest absolute Gasteiger partial charge is 0.466 e. The molecule has 1 saturated carbocycles. The van der Waals surface area contributed by atoms with Gasteiger partial charge >= 0.3 is 11.9 Å². The third-order valence-electron chi connectivity index (χ3n) is 4.20. The predicted molar refractivity (Wildman–Crippen MR) is 94.0 cm³/mol. The normalized spacial score (nSPS) is 20.2. The van der Waals surface area contributed by atoms with Crippen molar-refractivity contribution in [3.8, 4) is 0 Å². The van der Waals surface area contributed by atoms with Crippen LogP contribution in [0.2, 0.25) is 0 Å². The van der Waals surface area contributed by atoms with Gasteiger partial charge in [-0.25, -0.2) is 14.0 Å².